The summed E-state index contributed by atoms with van der Waals surface area (Å²) in [4.78, 5) is 10.6. The normalized spacial score (nSPS) is 12.6. The Balaban J connectivity index is 2.87. The number of halogens is 2. The van der Waals surface area contributed by atoms with Gasteiger partial charge in [0.05, 0.1) is 6.04 Å². The minimum Gasteiger partial charge on any atom is -0.427 e. The Labute approximate surface area is 85.8 Å². The van der Waals surface area contributed by atoms with Gasteiger partial charge in [-0.2, -0.15) is 0 Å². The Bertz CT molecular complexity index is 355. The second-order valence-corrected chi connectivity index (χ2v) is 3.03. The number of carbonyl (C=O) groups is 1. The number of benzene rings is 1. The molecule has 0 radical (unpaired) electrons. The predicted octanol–water partition coefficient (Wildman–Crippen LogP) is 1.88. The van der Waals surface area contributed by atoms with Crippen molar-refractivity contribution in [1.82, 2.24) is 0 Å². The maximum absolute atomic E-state index is 12.3. The van der Waals surface area contributed by atoms with E-state index in [0.717, 1.165) is 0 Å². The van der Waals surface area contributed by atoms with Crippen molar-refractivity contribution in [2.75, 3.05) is 0 Å². The van der Waals surface area contributed by atoms with Crippen molar-refractivity contribution in [3.63, 3.8) is 0 Å². The number of rotatable bonds is 3. The first-order valence-electron chi connectivity index (χ1n) is 4.33. The van der Waals surface area contributed by atoms with Gasteiger partial charge in [-0.05, 0) is 17.7 Å². The molecule has 0 aromatic heterocycles. The van der Waals surface area contributed by atoms with Gasteiger partial charge >= 0.3 is 5.97 Å². The van der Waals surface area contributed by atoms with Crippen LogP contribution in [0.25, 0.3) is 0 Å². The largest absolute Gasteiger partial charge is 0.427 e. The fourth-order valence-electron chi connectivity index (χ4n) is 1.10. The third kappa shape index (κ3) is 3.28. The number of esters is 1. The smallest absolute Gasteiger partial charge is 0.308 e. The van der Waals surface area contributed by atoms with Crippen LogP contribution in [0.15, 0.2) is 24.3 Å². The lowest BCUT2D eigenvalue weighted by molar-refractivity contribution is -0.131. The number of nitrogens with two attached hydrogens (primary N) is 1. The molecule has 1 atom stereocenters. The van der Waals surface area contributed by atoms with Crippen molar-refractivity contribution in [2.45, 2.75) is 19.4 Å². The average Bonchev–Trinajstić information content (AvgIpc) is 2.16. The Morgan fingerprint density at radius 1 is 1.47 bits per heavy atom. The molecule has 3 nitrogen and oxygen atoms in total. The Morgan fingerprint density at radius 3 is 2.67 bits per heavy atom. The van der Waals surface area contributed by atoms with E-state index in [1.54, 1.807) is 0 Å². The lowest BCUT2D eigenvalue weighted by Crippen LogP contribution is -2.18. The molecule has 0 bridgehead atoms. The number of alkyl halides is 2. The maximum atomic E-state index is 12.3. The summed E-state index contributed by atoms with van der Waals surface area (Å²) >= 11 is 0. The standard InChI is InChI=1S/C10H11F2NO2/c1-6(14)15-8-4-2-3-7(5-8)9(13)10(11)12/h2-5,9-10H,13H2,1H3/t9-/m0/s1. The highest BCUT2D eigenvalue weighted by Crippen LogP contribution is 2.22. The fourth-order valence-corrected chi connectivity index (χ4v) is 1.10. The second-order valence-electron chi connectivity index (χ2n) is 3.03. The lowest BCUT2D eigenvalue weighted by Gasteiger charge is -2.11. The highest BCUT2D eigenvalue weighted by molar-refractivity contribution is 5.69. The molecule has 0 spiro atoms. The van der Waals surface area contributed by atoms with Gasteiger partial charge in [0.25, 0.3) is 6.43 Å². The van der Waals surface area contributed by atoms with E-state index in [1.807, 2.05) is 0 Å². The number of hydrogen-bond donors (Lipinski definition) is 1. The van der Waals surface area contributed by atoms with Gasteiger partial charge in [0.1, 0.15) is 5.75 Å². The quantitative estimate of drug-likeness (QED) is 0.618. The molecule has 2 N–H and O–H groups in total. The van der Waals surface area contributed by atoms with Crippen LogP contribution in [-0.4, -0.2) is 12.4 Å². The van der Waals surface area contributed by atoms with Gasteiger partial charge in [0.2, 0.25) is 0 Å². The lowest BCUT2D eigenvalue weighted by atomic mass is 10.1. The topological polar surface area (TPSA) is 52.3 Å². The van der Waals surface area contributed by atoms with Crippen molar-refractivity contribution in [3.05, 3.63) is 29.8 Å². The molecule has 0 aliphatic carbocycles. The molecule has 0 unspecified atom stereocenters. The number of ether oxygens (including phenoxy) is 1. The molecule has 0 aliphatic heterocycles. The van der Waals surface area contributed by atoms with E-state index < -0.39 is 18.4 Å². The molecular formula is C10H11F2NO2. The van der Waals surface area contributed by atoms with Crippen molar-refractivity contribution in [1.29, 1.82) is 0 Å². The zero-order valence-electron chi connectivity index (χ0n) is 8.11. The zero-order valence-corrected chi connectivity index (χ0v) is 8.11. The molecule has 0 heterocycles. The summed E-state index contributed by atoms with van der Waals surface area (Å²) in [6, 6.07) is 4.45. The van der Waals surface area contributed by atoms with Crippen LogP contribution in [0, 0.1) is 0 Å². The van der Waals surface area contributed by atoms with Gasteiger partial charge in [-0.25, -0.2) is 8.78 Å². The highest BCUT2D eigenvalue weighted by atomic mass is 19.3. The van der Waals surface area contributed by atoms with Crippen molar-refractivity contribution >= 4 is 5.97 Å². The second kappa shape index (κ2) is 4.84. The first-order chi connectivity index (χ1) is 7.00. The minimum absolute atomic E-state index is 0.219. The molecule has 15 heavy (non-hydrogen) atoms. The van der Waals surface area contributed by atoms with Crippen molar-refractivity contribution in [2.24, 2.45) is 5.73 Å². The van der Waals surface area contributed by atoms with Crippen LogP contribution in [0.4, 0.5) is 8.78 Å². The molecule has 1 rings (SSSR count). The first-order valence-corrected chi connectivity index (χ1v) is 4.33. The Kier molecular flexibility index (Phi) is 3.74. The van der Waals surface area contributed by atoms with Gasteiger partial charge in [-0.1, -0.05) is 12.1 Å². The van der Waals surface area contributed by atoms with Crippen LogP contribution in [0.5, 0.6) is 5.75 Å². The molecule has 0 aliphatic rings. The summed E-state index contributed by atoms with van der Waals surface area (Å²) in [6.45, 7) is 1.24. The van der Waals surface area contributed by atoms with Crippen LogP contribution in [0.1, 0.15) is 18.5 Å². The zero-order chi connectivity index (χ0) is 11.4. The molecule has 0 saturated heterocycles. The van der Waals surface area contributed by atoms with Gasteiger partial charge in [-0.15, -0.1) is 0 Å². The van der Waals surface area contributed by atoms with Crippen LogP contribution in [0.2, 0.25) is 0 Å². The predicted molar refractivity (Wildman–Crippen MR) is 50.7 cm³/mol. The van der Waals surface area contributed by atoms with Crippen molar-refractivity contribution < 1.29 is 18.3 Å². The SMILES string of the molecule is CC(=O)Oc1cccc([C@H](N)C(F)F)c1. The summed E-state index contributed by atoms with van der Waals surface area (Å²) < 4.78 is 29.3. The average molecular weight is 215 g/mol. The minimum atomic E-state index is -2.64. The van der Waals surface area contributed by atoms with Crippen LogP contribution in [-0.2, 0) is 4.79 Å². The van der Waals surface area contributed by atoms with E-state index >= 15 is 0 Å². The molecule has 0 saturated carbocycles. The van der Waals surface area contributed by atoms with Gasteiger partial charge < -0.3 is 10.5 Å². The van der Waals surface area contributed by atoms with E-state index in [9.17, 15) is 13.6 Å². The summed E-state index contributed by atoms with van der Waals surface area (Å²) in [6.07, 6.45) is -2.64. The van der Waals surface area contributed by atoms with Crippen LogP contribution < -0.4 is 10.5 Å². The van der Waals surface area contributed by atoms with E-state index in [-0.39, 0.29) is 11.3 Å². The van der Waals surface area contributed by atoms with Gasteiger partial charge in [0.15, 0.2) is 0 Å². The first kappa shape index (κ1) is 11.6. The van der Waals surface area contributed by atoms with Crippen molar-refractivity contribution in [3.8, 4) is 5.75 Å². The van der Waals surface area contributed by atoms with Crippen LogP contribution >= 0.6 is 0 Å². The summed E-state index contributed by atoms with van der Waals surface area (Å²) in [7, 11) is 0. The van der Waals surface area contributed by atoms with E-state index in [0.29, 0.717) is 0 Å². The molecule has 82 valence electrons. The third-order valence-electron chi connectivity index (χ3n) is 1.78. The Morgan fingerprint density at radius 2 is 2.13 bits per heavy atom. The van der Waals surface area contributed by atoms with Crippen LogP contribution in [0.3, 0.4) is 0 Å². The molecule has 0 amide bonds. The van der Waals surface area contributed by atoms with E-state index in [2.05, 4.69) is 0 Å². The molecule has 5 heteroatoms. The summed E-state index contributed by atoms with van der Waals surface area (Å²) in [5, 5.41) is 0. The molecule has 1 aromatic rings. The number of hydrogen-bond acceptors (Lipinski definition) is 3. The molecule has 0 fully saturated rings. The molecule has 1 aromatic carbocycles. The Hall–Kier alpha value is -1.49. The van der Waals surface area contributed by atoms with E-state index in [4.69, 9.17) is 10.5 Å². The molecular weight excluding hydrogens is 204 g/mol. The fraction of sp³-hybridized carbons (Fsp3) is 0.300. The number of carbonyl (C=O) groups excluding carboxylic acids is 1. The highest BCUT2D eigenvalue weighted by Gasteiger charge is 2.17. The summed E-state index contributed by atoms with van der Waals surface area (Å²) in [5.41, 5.74) is 5.49. The third-order valence-corrected chi connectivity index (χ3v) is 1.78. The van der Waals surface area contributed by atoms with Gasteiger partial charge in [-0.3, -0.25) is 4.79 Å². The maximum Gasteiger partial charge on any atom is 0.308 e. The van der Waals surface area contributed by atoms with E-state index in [1.165, 1.54) is 31.2 Å². The summed E-state index contributed by atoms with van der Waals surface area (Å²) in [5.74, 6) is -0.283. The van der Waals surface area contributed by atoms with Gasteiger partial charge in [0, 0.05) is 6.92 Å². The monoisotopic (exact) mass is 215 g/mol.